The summed E-state index contributed by atoms with van der Waals surface area (Å²) >= 11 is 0. The molecule has 0 spiro atoms. The van der Waals surface area contributed by atoms with Crippen molar-refractivity contribution in [1.29, 1.82) is 0 Å². The van der Waals surface area contributed by atoms with E-state index in [1.807, 2.05) is 24.3 Å². The molecule has 2 aromatic heterocycles. The van der Waals surface area contributed by atoms with Gasteiger partial charge < -0.3 is 14.8 Å². The molecular weight excluding hydrogens is 268 g/mol. The fourth-order valence-corrected chi connectivity index (χ4v) is 2.31. The SMILES string of the molecule is Cc1noc(C)c1C(=O)NCCc1nc2ccccc2[nH]1. The van der Waals surface area contributed by atoms with E-state index in [-0.39, 0.29) is 5.91 Å². The number of aromatic amines is 1. The Kier molecular flexibility index (Phi) is 3.43. The molecule has 108 valence electrons. The van der Waals surface area contributed by atoms with Crippen molar-refractivity contribution in [3.8, 4) is 0 Å². The normalized spacial score (nSPS) is 11.0. The molecule has 0 fully saturated rings. The maximum atomic E-state index is 12.1. The minimum Gasteiger partial charge on any atom is -0.361 e. The molecule has 2 heterocycles. The van der Waals surface area contributed by atoms with Crippen molar-refractivity contribution in [2.75, 3.05) is 6.54 Å². The third kappa shape index (κ3) is 2.65. The fraction of sp³-hybridized carbons (Fsp3) is 0.267. The van der Waals surface area contributed by atoms with Gasteiger partial charge in [-0.1, -0.05) is 17.3 Å². The van der Waals surface area contributed by atoms with Crippen LogP contribution in [-0.4, -0.2) is 27.6 Å². The van der Waals surface area contributed by atoms with Gasteiger partial charge in [0, 0.05) is 13.0 Å². The van der Waals surface area contributed by atoms with E-state index in [1.165, 1.54) is 0 Å². The van der Waals surface area contributed by atoms with E-state index in [9.17, 15) is 4.79 Å². The molecule has 3 aromatic rings. The summed E-state index contributed by atoms with van der Waals surface area (Å²) in [4.78, 5) is 19.8. The molecule has 0 radical (unpaired) electrons. The van der Waals surface area contributed by atoms with Crippen molar-refractivity contribution in [1.82, 2.24) is 20.4 Å². The van der Waals surface area contributed by atoms with Crippen LogP contribution in [-0.2, 0) is 6.42 Å². The zero-order chi connectivity index (χ0) is 14.8. The smallest absolute Gasteiger partial charge is 0.256 e. The molecule has 1 aromatic carbocycles. The van der Waals surface area contributed by atoms with Gasteiger partial charge in [0.1, 0.15) is 17.1 Å². The number of H-pyrrole nitrogens is 1. The largest absolute Gasteiger partial charge is 0.361 e. The second-order valence-electron chi connectivity index (χ2n) is 4.91. The van der Waals surface area contributed by atoms with E-state index in [0.717, 1.165) is 16.9 Å². The van der Waals surface area contributed by atoms with Crippen LogP contribution in [0.15, 0.2) is 28.8 Å². The number of imidazole rings is 1. The van der Waals surface area contributed by atoms with Crippen molar-refractivity contribution in [2.45, 2.75) is 20.3 Å². The third-order valence-corrected chi connectivity index (χ3v) is 3.35. The minimum atomic E-state index is -0.164. The maximum Gasteiger partial charge on any atom is 0.256 e. The Bertz CT molecular complexity index is 735. The number of carbonyl (C=O) groups excluding carboxylic acids is 1. The number of benzene rings is 1. The predicted molar refractivity (Wildman–Crippen MR) is 78.1 cm³/mol. The summed E-state index contributed by atoms with van der Waals surface area (Å²) in [5, 5.41) is 6.64. The summed E-state index contributed by atoms with van der Waals surface area (Å²) in [5.74, 6) is 1.23. The summed E-state index contributed by atoms with van der Waals surface area (Å²) in [7, 11) is 0. The standard InChI is InChI=1S/C15H16N4O2/c1-9-14(10(2)21-19-9)15(20)16-8-7-13-17-11-5-3-4-6-12(11)18-13/h3-6H,7-8H2,1-2H3,(H,16,20)(H,17,18). The number of hydrogen-bond donors (Lipinski definition) is 2. The quantitative estimate of drug-likeness (QED) is 0.768. The monoisotopic (exact) mass is 284 g/mol. The van der Waals surface area contributed by atoms with Gasteiger partial charge in [-0.2, -0.15) is 0 Å². The molecule has 0 saturated heterocycles. The first-order valence-corrected chi connectivity index (χ1v) is 6.80. The third-order valence-electron chi connectivity index (χ3n) is 3.35. The van der Waals surface area contributed by atoms with E-state index in [2.05, 4.69) is 20.4 Å². The first kappa shape index (κ1) is 13.4. The van der Waals surface area contributed by atoms with Gasteiger partial charge in [-0.25, -0.2) is 4.98 Å². The number of aryl methyl sites for hydroxylation is 2. The topological polar surface area (TPSA) is 83.8 Å². The predicted octanol–water partition coefficient (Wildman–Crippen LogP) is 2.14. The molecular formula is C15H16N4O2. The number of fused-ring (bicyclic) bond motifs is 1. The van der Waals surface area contributed by atoms with Gasteiger partial charge in [0.15, 0.2) is 0 Å². The summed E-state index contributed by atoms with van der Waals surface area (Å²) in [6.07, 6.45) is 0.643. The number of carbonyl (C=O) groups is 1. The molecule has 6 nitrogen and oxygen atoms in total. The first-order chi connectivity index (χ1) is 10.1. The Balaban J connectivity index is 1.62. The van der Waals surface area contributed by atoms with Gasteiger partial charge >= 0.3 is 0 Å². The summed E-state index contributed by atoms with van der Waals surface area (Å²) < 4.78 is 4.99. The average Bonchev–Trinajstić information content (AvgIpc) is 3.01. The summed E-state index contributed by atoms with van der Waals surface area (Å²) in [5.41, 5.74) is 3.06. The number of aromatic nitrogens is 3. The number of nitrogens with zero attached hydrogens (tertiary/aromatic N) is 2. The number of nitrogens with one attached hydrogen (secondary N) is 2. The van der Waals surface area contributed by atoms with Gasteiger partial charge in [0.2, 0.25) is 0 Å². The van der Waals surface area contributed by atoms with Crippen LogP contribution in [0.2, 0.25) is 0 Å². The van der Waals surface area contributed by atoms with E-state index in [4.69, 9.17) is 4.52 Å². The van der Waals surface area contributed by atoms with Crippen molar-refractivity contribution in [2.24, 2.45) is 0 Å². The van der Waals surface area contributed by atoms with Crippen LogP contribution in [0.25, 0.3) is 11.0 Å². The summed E-state index contributed by atoms with van der Waals surface area (Å²) in [6.45, 7) is 3.99. The highest BCUT2D eigenvalue weighted by molar-refractivity contribution is 5.96. The van der Waals surface area contributed by atoms with Gasteiger partial charge in [0.05, 0.1) is 16.7 Å². The second-order valence-corrected chi connectivity index (χ2v) is 4.91. The van der Waals surface area contributed by atoms with Crippen molar-refractivity contribution in [3.63, 3.8) is 0 Å². The number of hydrogen-bond acceptors (Lipinski definition) is 4. The van der Waals surface area contributed by atoms with E-state index in [1.54, 1.807) is 13.8 Å². The molecule has 0 aliphatic rings. The molecule has 0 atom stereocenters. The van der Waals surface area contributed by atoms with Crippen molar-refractivity contribution >= 4 is 16.9 Å². The molecule has 0 aliphatic heterocycles. The zero-order valence-corrected chi connectivity index (χ0v) is 11.9. The van der Waals surface area contributed by atoms with Crippen LogP contribution < -0.4 is 5.32 Å². The van der Waals surface area contributed by atoms with Crippen LogP contribution in [0.3, 0.4) is 0 Å². The Morgan fingerprint density at radius 3 is 2.86 bits per heavy atom. The van der Waals surface area contributed by atoms with Crippen molar-refractivity contribution < 1.29 is 9.32 Å². The molecule has 3 rings (SSSR count). The Labute approximate surface area is 121 Å². The maximum absolute atomic E-state index is 12.1. The fourth-order valence-electron chi connectivity index (χ4n) is 2.31. The van der Waals surface area contributed by atoms with Crippen LogP contribution >= 0.6 is 0 Å². The van der Waals surface area contributed by atoms with Crippen LogP contribution in [0, 0.1) is 13.8 Å². The molecule has 0 bridgehead atoms. The zero-order valence-electron chi connectivity index (χ0n) is 11.9. The lowest BCUT2D eigenvalue weighted by Gasteiger charge is -2.03. The molecule has 21 heavy (non-hydrogen) atoms. The summed E-state index contributed by atoms with van der Waals surface area (Å²) in [6, 6.07) is 7.85. The Morgan fingerprint density at radius 2 is 2.14 bits per heavy atom. The molecule has 0 aliphatic carbocycles. The molecule has 2 N–H and O–H groups in total. The van der Waals surface area contributed by atoms with Crippen molar-refractivity contribution in [3.05, 3.63) is 47.1 Å². The minimum absolute atomic E-state index is 0.164. The lowest BCUT2D eigenvalue weighted by molar-refractivity contribution is 0.0952. The number of para-hydroxylation sites is 2. The first-order valence-electron chi connectivity index (χ1n) is 6.80. The van der Waals surface area contributed by atoms with Crippen LogP contribution in [0.1, 0.15) is 27.6 Å². The van der Waals surface area contributed by atoms with Gasteiger partial charge in [-0.05, 0) is 26.0 Å². The number of amides is 1. The van der Waals surface area contributed by atoms with E-state index < -0.39 is 0 Å². The lowest BCUT2D eigenvalue weighted by Crippen LogP contribution is -2.26. The van der Waals surface area contributed by atoms with Gasteiger partial charge in [-0.15, -0.1) is 0 Å². The highest BCUT2D eigenvalue weighted by atomic mass is 16.5. The number of rotatable bonds is 4. The van der Waals surface area contributed by atoms with Gasteiger partial charge in [-0.3, -0.25) is 4.79 Å². The van der Waals surface area contributed by atoms with Crippen LogP contribution in [0.5, 0.6) is 0 Å². The lowest BCUT2D eigenvalue weighted by atomic mass is 10.2. The highest BCUT2D eigenvalue weighted by Gasteiger charge is 2.16. The molecule has 0 saturated carbocycles. The molecule has 1 amide bonds. The van der Waals surface area contributed by atoms with Crippen LogP contribution in [0.4, 0.5) is 0 Å². The highest BCUT2D eigenvalue weighted by Crippen LogP contribution is 2.12. The van der Waals surface area contributed by atoms with Gasteiger partial charge in [0.25, 0.3) is 5.91 Å². The van der Waals surface area contributed by atoms with E-state index in [0.29, 0.717) is 30.0 Å². The molecule has 6 heteroatoms. The second kappa shape index (κ2) is 5.40. The van der Waals surface area contributed by atoms with E-state index >= 15 is 0 Å². The Morgan fingerprint density at radius 1 is 1.33 bits per heavy atom. The average molecular weight is 284 g/mol. The molecule has 0 unspecified atom stereocenters. The Hall–Kier alpha value is -2.63.